The Labute approximate surface area is 126 Å². The predicted octanol–water partition coefficient (Wildman–Crippen LogP) is 0.301. The minimum atomic E-state index is -0.0498. The molecule has 1 saturated heterocycles. The first-order chi connectivity index (χ1) is 9.54. The smallest absolute Gasteiger partial charge is 0.153 e. The molecule has 112 valence electrons. The second kappa shape index (κ2) is 6.55. The lowest BCUT2D eigenvalue weighted by Gasteiger charge is -2.38. The zero-order valence-corrected chi connectivity index (χ0v) is 13.0. The fraction of sp³-hybridized carbons (Fsp3) is 0.667. The number of hydrogen-bond acceptors (Lipinski definition) is 7. The zero-order valence-electron chi connectivity index (χ0n) is 11.4. The molecule has 1 fully saturated rings. The summed E-state index contributed by atoms with van der Waals surface area (Å²) in [5, 5.41) is 15.1. The molecule has 0 spiro atoms. The van der Waals surface area contributed by atoms with Gasteiger partial charge in [0, 0.05) is 5.92 Å². The van der Waals surface area contributed by atoms with Gasteiger partial charge in [0.2, 0.25) is 0 Å². The summed E-state index contributed by atoms with van der Waals surface area (Å²) in [5.74, 6) is 0.633. The van der Waals surface area contributed by atoms with Gasteiger partial charge in [-0.25, -0.2) is 4.99 Å². The largest absolute Gasteiger partial charge is 0.394 e. The third kappa shape index (κ3) is 3.13. The lowest BCUT2D eigenvalue weighted by atomic mass is 9.92. The van der Waals surface area contributed by atoms with E-state index in [4.69, 9.17) is 21.3 Å². The van der Waals surface area contributed by atoms with Crippen LogP contribution in [0, 0.1) is 5.92 Å². The molecule has 7 nitrogen and oxygen atoms in total. The van der Waals surface area contributed by atoms with E-state index in [0.717, 1.165) is 12.8 Å². The van der Waals surface area contributed by atoms with Crippen LogP contribution in [0.2, 0.25) is 0 Å². The second-order valence-electron chi connectivity index (χ2n) is 5.00. The average Bonchev–Trinajstić information content (AvgIpc) is 2.46. The maximum absolute atomic E-state index is 9.09. The minimum Gasteiger partial charge on any atom is -0.394 e. The first-order valence-corrected chi connectivity index (χ1v) is 7.37. The number of halogens is 1. The summed E-state index contributed by atoms with van der Waals surface area (Å²) in [6.45, 7) is 2.71. The molecule has 0 bridgehead atoms. The topological polar surface area (TPSA) is 109 Å². The van der Waals surface area contributed by atoms with Crippen LogP contribution in [-0.2, 0) is 4.74 Å². The van der Waals surface area contributed by atoms with Crippen LogP contribution in [0.3, 0.4) is 0 Å². The molecular formula is C12H20BrN5O2. The van der Waals surface area contributed by atoms with Gasteiger partial charge >= 0.3 is 0 Å². The number of aliphatic hydroxyl groups is 1. The van der Waals surface area contributed by atoms with Gasteiger partial charge in [-0.05, 0) is 35.7 Å². The standard InChI is InChI=1S/C12H20BrN5O2/c1-7(8-2-3-9(4-19)20-5-8)18-10(11(13)14)12(15)16-6-17-18/h6-9,19H,2-5,14H2,1H3,(H2,15,16,17)/b11-10-. The fourth-order valence-corrected chi connectivity index (χ4v) is 2.86. The Morgan fingerprint density at radius 1 is 1.65 bits per heavy atom. The molecule has 2 aliphatic heterocycles. The molecule has 0 amide bonds. The zero-order chi connectivity index (χ0) is 14.7. The Kier molecular flexibility index (Phi) is 5.00. The van der Waals surface area contributed by atoms with Crippen molar-refractivity contribution in [3.8, 4) is 0 Å². The molecule has 5 N–H and O–H groups in total. The summed E-state index contributed by atoms with van der Waals surface area (Å²) in [6, 6.07) is 0.0750. The van der Waals surface area contributed by atoms with E-state index in [1.807, 2.05) is 0 Å². The van der Waals surface area contributed by atoms with Gasteiger partial charge in [-0.15, -0.1) is 0 Å². The molecule has 0 aromatic rings. The number of nitrogens with two attached hydrogens (primary N) is 2. The Morgan fingerprint density at radius 3 is 2.95 bits per heavy atom. The van der Waals surface area contributed by atoms with E-state index >= 15 is 0 Å². The molecule has 8 heteroatoms. The maximum Gasteiger partial charge on any atom is 0.153 e. The SMILES string of the molecule is CC(C1CCC(CO)OC1)N1N=CN=C(N)/C1=C(/N)Br. The highest BCUT2D eigenvalue weighted by Gasteiger charge is 2.32. The van der Waals surface area contributed by atoms with E-state index in [1.54, 1.807) is 5.01 Å². The highest BCUT2D eigenvalue weighted by Crippen LogP contribution is 2.28. The van der Waals surface area contributed by atoms with Gasteiger partial charge in [0.25, 0.3) is 0 Å². The van der Waals surface area contributed by atoms with Gasteiger partial charge < -0.3 is 21.3 Å². The first kappa shape index (κ1) is 15.3. The van der Waals surface area contributed by atoms with Crippen molar-refractivity contribution in [3.05, 3.63) is 10.3 Å². The van der Waals surface area contributed by atoms with E-state index in [1.165, 1.54) is 6.34 Å². The summed E-state index contributed by atoms with van der Waals surface area (Å²) in [6.07, 6.45) is 3.18. The fourth-order valence-electron chi connectivity index (χ4n) is 2.47. The van der Waals surface area contributed by atoms with Gasteiger partial charge in [-0.3, -0.25) is 5.01 Å². The number of rotatable bonds is 3. The van der Waals surface area contributed by atoms with E-state index in [2.05, 4.69) is 32.9 Å². The van der Waals surface area contributed by atoms with Crippen molar-refractivity contribution in [1.82, 2.24) is 5.01 Å². The number of hydrazone groups is 1. The van der Waals surface area contributed by atoms with Crippen molar-refractivity contribution < 1.29 is 9.84 Å². The molecule has 2 rings (SSSR count). The molecular weight excluding hydrogens is 326 g/mol. The summed E-state index contributed by atoms with van der Waals surface area (Å²) in [7, 11) is 0. The van der Waals surface area contributed by atoms with Gasteiger partial charge in [0.15, 0.2) is 5.84 Å². The van der Waals surface area contributed by atoms with Crippen LogP contribution < -0.4 is 11.5 Å². The molecule has 20 heavy (non-hydrogen) atoms. The Balaban J connectivity index is 2.09. The summed E-state index contributed by atoms with van der Waals surface area (Å²) in [4.78, 5) is 3.96. The Morgan fingerprint density at radius 2 is 2.40 bits per heavy atom. The summed E-state index contributed by atoms with van der Waals surface area (Å²) < 4.78 is 6.03. The van der Waals surface area contributed by atoms with Gasteiger partial charge in [-0.1, -0.05) is 0 Å². The van der Waals surface area contributed by atoms with Crippen LogP contribution in [0.5, 0.6) is 0 Å². The summed E-state index contributed by atoms with van der Waals surface area (Å²) >= 11 is 3.25. The third-order valence-corrected chi connectivity index (χ3v) is 4.12. The average molecular weight is 346 g/mol. The number of amidine groups is 1. The molecule has 0 aliphatic carbocycles. The molecule has 2 aliphatic rings. The Bertz CT molecular complexity index is 439. The van der Waals surface area contributed by atoms with Crippen LogP contribution in [0.1, 0.15) is 19.8 Å². The van der Waals surface area contributed by atoms with Gasteiger partial charge in [0.05, 0.1) is 25.4 Å². The van der Waals surface area contributed by atoms with Gasteiger partial charge in [-0.2, -0.15) is 5.10 Å². The quantitative estimate of drug-likeness (QED) is 0.637. The molecule has 0 saturated carbocycles. The number of hydrogen-bond donors (Lipinski definition) is 3. The van der Waals surface area contributed by atoms with E-state index in [-0.39, 0.29) is 18.8 Å². The molecule has 0 aromatic carbocycles. The highest BCUT2D eigenvalue weighted by atomic mass is 79.9. The molecule has 3 atom stereocenters. The van der Waals surface area contributed by atoms with Crippen molar-refractivity contribution >= 4 is 28.1 Å². The predicted molar refractivity (Wildman–Crippen MR) is 81.1 cm³/mol. The van der Waals surface area contributed by atoms with Crippen molar-refractivity contribution in [2.24, 2.45) is 27.5 Å². The molecule has 3 unspecified atom stereocenters. The van der Waals surface area contributed by atoms with Crippen LogP contribution in [-0.4, -0.2) is 47.6 Å². The monoisotopic (exact) mass is 345 g/mol. The third-order valence-electron chi connectivity index (χ3n) is 3.75. The Hall–Kier alpha value is -1.12. The van der Waals surface area contributed by atoms with E-state index < -0.39 is 0 Å². The lowest BCUT2D eigenvalue weighted by Crippen LogP contribution is -2.44. The van der Waals surface area contributed by atoms with Crippen LogP contribution in [0.15, 0.2) is 20.4 Å². The molecule has 2 heterocycles. The number of ether oxygens (including phenoxy) is 1. The maximum atomic E-state index is 9.09. The van der Waals surface area contributed by atoms with E-state index in [9.17, 15) is 0 Å². The normalized spacial score (nSPS) is 30.9. The van der Waals surface area contributed by atoms with Crippen LogP contribution in [0.4, 0.5) is 0 Å². The molecule has 0 aromatic heterocycles. The lowest BCUT2D eigenvalue weighted by molar-refractivity contribution is -0.0572. The summed E-state index contributed by atoms with van der Waals surface area (Å²) in [5.41, 5.74) is 12.3. The second-order valence-corrected chi connectivity index (χ2v) is 5.86. The number of aliphatic hydroxyl groups excluding tert-OH is 1. The number of aliphatic imine (C=N–C) groups is 1. The number of nitrogens with zero attached hydrogens (tertiary/aromatic N) is 3. The van der Waals surface area contributed by atoms with Crippen molar-refractivity contribution in [2.75, 3.05) is 13.2 Å². The van der Waals surface area contributed by atoms with Gasteiger partial charge in [0.1, 0.15) is 16.6 Å². The van der Waals surface area contributed by atoms with Crippen LogP contribution >= 0.6 is 15.9 Å². The van der Waals surface area contributed by atoms with Crippen molar-refractivity contribution in [3.63, 3.8) is 0 Å². The minimum absolute atomic E-state index is 0.0498. The molecule has 0 radical (unpaired) electrons. The first-order valence-electron chi connectivity index (χ1n) is 6.57. The van der Waals surface area contributed by atoms with Crippen molar-refractivity contribution in [1.29, 1.82) is 0 Å². The van der Waals surface area contributed by atoms with Crippen LogP contribution in [0.25, 0.3) is 0 Å². The van der Waals surface area contributed by atoms with E-state index in [0.29, 0.717) is 28.7 Å². The highest BCUT2D eigenvalue weighted by molar-refractivity contribution is 9.11. The van der Waals surface area contributed by atoms with Crippen molar-refractivity contribution in [2.45, 2.75) is 31.9 Å².